The molecule has 3 aromatic rings. The maximum Gasteiger partial charge on any atom is 0.156 e. The Morgan fingerprint density at radius 1 is 0.958 bits per heavy atom. The van der Waals surface area contributed by atoms with Gasteiger partial charge in [-0.1, -0.05) is 0 Å². The monoisotopic (exact) mass is 391 g/mol. The van der Waals surface area contributed by atoms with Crippen LogP contribution in [-0.4, -0.2) is 50.6 Å². The molecule has 1 aliphatic heterocycles. The van der Waals surface area contributed by atoms with Crippen LogP contribution in [0.25, 0.3) is 16.8 Å². The van der Waals surface area contributed by atoms with E-state index in [-0.39, 0.29) is 37.2 Å². The Bertz CT molecular complexity index is 780. The number of aryl methyl sites for hydroxylation is 1. The summed E-state index contributed by atoms with van der Waals surface area (Å²) < 4.78 is 3.70. The zero-order valence-corrected chi connectivity index (χ0v) is 15.6. The lowest BCUT2D eigenvalue weighted by Crippen LogP contribution is -2.44. The van der Waals surface area contributed by atoms with E-state index in [1.54, 1.807) is 4.68 Å². The van der Waals surface area contributed by atoms with Gasteiger partial charge in [0.05, 0.1) is 18.6 Å². The van der Waals surface area contributed by atoms with Crippen LogP contribution in [0, 0.1) is 0 Å². The first-order chi connectivity index (χ1) is 10.3. The number of hydrogen-bond acceptors (Lipinski definition) is 5. The maximum absolute atomic E-state index is 4.56. The van der Waals surface area contributed by atoms with Gasteiger partial charge in [-0.2, -0.15) is 14.7 Å². The number of halogens is 3. The van der Waals surface area contributed by atoms with Crippen molar-refractivity contribution in [1.82, 2.24) is 29.7 Å². The van der Waals surface area contributed by atoms with Crippen molar-refractivity contribution in [2.45, 2.75) is 0 Å². The Kier molecular flexibility index (Phi) is 7.28. The van der Waals surface area contributed by atoms with Crippen molar-refractivity contribution in [3.8, 4) is 11.1 Å². The van der Waals surface area contributed by atoms with E-state index in [1.807, 2.05) is 36.4 Å². The van der Waals surface area contributed by atoms with Gasteiger partial charge in [0.2, 0.25) is 0 Å². The van der Waals surface area contributed by atoms with E-state index in [4.69, 9.17) is 0 Å². The minimum Gasteiger partial charge on any atom is -0.353 e. The summed E-state index contributed by atoms with van der Waals surface area (Å²) in [6.45, 7) is 3.97. The zero-order chi connectivity index (χ0) is 14.2. The van der Waals surface area contributed by atoms with Gasteiger partial charge in [-0.25, -0.2) is 4.98 Å². The molecule has 0 radical (unpaired) electrons. The van der Waals surface area contributed by atoms with E-state index in [1.165, 1.54) is 0 Å². The lowest BCUT2D eigenvalue weighted by Gasteiger charge is -2.28. The summed E-state index contributed by atoms with van der Waals surface area (Å²) in [5.74, 6) is 1.06. The number of rotatable bonds is 2. The predicted molar refractivity (Wildman–Crippen MR) is 102 cm³/mol. The molecule has 0 saturated carbocycles. The molecule has 24 heavy (non-hydrogen) atoms. The molecule has 0 spiro atoms. The molecule has 10 heteroatoms. The van der Waals surface area contributed by atoms with Crippen LogP contribution in [0.2, 0.25) is 0 Å². The minimum absolute atomic E-state index is 0. The summed E-state index contributed by atoms with van der Waals surface area (Å²) >= 11 is 0. The number of imidazole rings is 1. The van der Waals surface area contributed by atoms with E-state index in [0.29, 0.717) is 0 Å². The van der Waals surface area contributed by atoms with Gasteiger partial charge in [-0.15, -0.1) is 37.2 Å². The quantitative estimate of drug-likeness (QED) is 0.720. The number of hydrogen-bond donors (Lipinski definition) is 1. The minimum atomic E-state index is 0. The summed E-state index contributed by atoms with van der Waals surface area (Å²) in [7, 11) is 1.91. The topological polar surface area (TPSA) is 63.3 Å². The summed E-state index contributed by atoms with van der Waals surface area (Å²) in [5.41, 5.74) is 2.96. The number of nitrogens with one attached hydrogen (secondary N) is 1. The highest BCUT2D eigenvalue weighted by atomic mass is 35.5. The average molecular weight is 393 g/mol. The van der Waals surface area contributed by atoms with Gasteiger partial charge in [0.25, 0.3) is 0 Å². The Labute approximate surface area is 158 Å². The lowest BCUT2D eigenvalue weighted by molar-refractivity contribution is 0.581. The summed E-state index contributed by atoms with van der Waals surface area (Å²) in [6.07, 6.45) is 7.60. The highest BCUT2D eigenvalue weighted by Crippen LogP contribution is 2.22. The smallest absolute Gasteiger partial charge is 0.156 e. The highest BCUT2D eigenvalue weighted by molar-refractivity contribution is 5.86. The Hall–Kier alpha value is -1.54. The third kappa shape index (κ3) is 3.75. The van der Waals surface area contributed by atoms with Crippen molar-refractivity contribution in [2.75, 3.05) is 31.1 Å². The molecule has 0 bridgehead atoms. The van der Waals surface area contributed by atoms with Crippen LogP contribution in [0.5, 0.6) is 0 Å². The molecule has 1 N–H and O–H groups in total. The van der Waals surface area contributed by atoms with E-state index < -0.39 is 0 Å². The lowest BCUT2D eigenvalue weighted by atomic mass is 10.2. The second-order valence-corrected chi connectivity index (χ2v) is 5.27. The molecule has 7 nitrogen and oxygen atoms in total. The largest absolute Gasteiger partial charge is 0.353 e. The highest BCUT2D eigenvalue weighted by Gasteiger charge is 2.15. The van der Waals surface area contributed by atoms with Crippen LogP contribution in [0.3, 0.4) is 0 Å². The molecule has 1 fully saturated rings. The summed E-state index contributed by atoms with van der Waals surface area (Å²) in [4.78, 5) is 6.81. The first-order valence-corrected chi connectivity index (χ1v) is 7.10. The van der Waals surface area contributed by atoms with Crippen LogP contribution in [0.1, 0.15) is 0 Å². The molecule has 132 valence electrons. The SMILES string of the molecule is Cl.Cl.Cl.Cn1cc(-c2cnn3c(N4CCNCC4)cnc3c2)cn1. The Balaban J connectivity index is 0.000000960. The third-order valence-electron chi connectivity index (χ3n) is 3.82. The van der Waals surface area contributed by atoms with E-state index in [0.717, 1.165) is 48.8 Å². The van der Waals surface area contributed by atoms with Crippen molar-refractivity contribution in [2.24, 2.45) is 7.05 Å². The summed E-state index contributed by atoms with van der Waals surface area (Å²) in [5, 5.41) is 12.1. The van der Waals surface area contributed by atoms with Crippen LogP contribution in [-0.2, 0) is 7.05 Å². The van der Waals surface area contributed by atoms with Gasteiger partial charge in [0.1, 0.15) is 0 Å². The van der Waals surface area contributed by atoms with Crippen molar-refractivity contribution >= 4 is 48.7 Å². The van der Waals surface area contributed by atoms with E-state index in [9.17, 15) is 0 Å². The molecule has 4 rings (SSSR count). The molecular weight excluding hydrogens is 373 g/mol. The van der Waals surface area contributed by atoms with Crippen LogP contribution >= 0.6 is 37.2 Å². The maximum atomic E-state index is 4.56. The summed E-state index contributed by atoms with van der Waals surface area (Å²) in [6, 6.07) is 2.05. The number of piperazine rings is 1. The average Bonchev–Trinajstić information content (AvgIpc) is 3.13. The fraction of sp³-hybridized carbons (Fsp3) is 0.357. The molecule has 0 atom stereocenters. The predicted octanol–water partition coefficient (Wildman–Crippen LogP) is 1.80. The fourth-order valence-corrected chi connectivity index (χ4v) is 2.70. The molecule has 1 saturated heterocycles. The Morgan fingerprint density at radius 3 is 2.33 bits per heavy atom. The van der Waals surface area contributed by atoms with Crippen molar-refractivity contribution in [3.63, 3.8) is 0 Å². The van der Waals surface area contributed by atoms with Crippen molar-refractivity contribution in [3.05, 3.63) is 30.9 Å². The molecular formula is C14H20Cl3N7. The normalized spacial score (nSPS) is 13.8. The number of anilines is 1. The van der Waals surface area contributed by atoms with E-state index >= 15 is 0 Å². The zero-order valence-electron chi connectivity index (χ0n) is 13.1. The molecule has 0 aliphatic carbocycles. The number of fused-ring (bicyclic) bond motifs is 1. The first-order valence-electron chi connectivity index (χ1n) is 7.10. The van der Waals surface area contributed by atoms with Crippen molar-refractivity contribution in [1.29, 1.82) is 0 Å². The molecule has 4 heterocycles. The first kappa shape index (κ1) is 20.5. The number of nitrogens with zero attached hydrogens (tertiary/aromatic N) is 6. The van der Waals surface area contributed by atoms with Gasteiger partial charge >= 0.3 is 0 Å². The fourth-order valence-electron chi connectivity index (χ4n) is 2.70. The van der Waals surface area contributed by atoms with Gasteiger partial charge in [0.15, 0.2) is 11.5 Å². The van der Waals surface area contributed by atoms with Gasteiger partial charge in [-0.05, 0) is 6.07 Å². The molecule has 0 unspecified atom stereocenters. The third-order valence-corrected chi connectivity index (χ3v) is 3.82. The van der Waals surface area contributed by atoms with Gasteiger partial charge < -0.3 is 10.2 Å². The second kappa shape index (κ2) is 8.53. The Morgan fingerprint density at radius 2 is 1.67 bits per heavy atom. The van der Waals surface area contributed by atoms with Crippen LogP contribution < -0.4 is 10.2 Å². The second-order valence-electron chi connectivity index (χ2n) is 5.27. The van der Waals surface area contributed by atoms with Crippen LogP contribution in [0.15, 0.2) is 30.9 Å². The van der Waals surface area contributed by atoms with Gasteiger partial charge in [0, 0.05) is 50.6 Å². The molecule has 0 aromatic carbocycles. The van der Waals surface area contributed by atoms with E-state index in [2.05, 4.69) is 31.5 Å². The molecule has 0 amide bonds. The van der Waals surface area contributed by atoms with Gasteiger partial charge in [-0.3, -0.25) is 4.68 Å². The molecule has 1 aliphatic rings. The standard InChI is InChI=1S/C14H17N7.3ClH/c1-19-10-12(8-17-19)11-6-13-16-9-14(21(13)18-7-11)20-4-2-15-3-5-20;;;/h6-10,15H,2-5H2,1H3;3*1H. The number of aromatic nitrogens is 5. The van der Waals surface area contributed by atoms with Crippen LogP contribution in [0.4, 0.5) is 5.82 Å². The van der Waals surface area contributed by atoms with Crippen molar-refractivity contribution < 1.29 is 0 Å². The molecule has 3 aromatic heterocycles.